The van der Waals surface area contributed by atoms with E-state index in [1.165, 1.54) is 18.2 Å². The first-order chi connectivity index (χ1) is 10.1. The van der Waals surface area contributed by atoms with Crippen molar-refractivity contribution in [1.82, 2.24) is 4.90 Å². The van der Waals surface area contributed by atoms with Crippen LogP contribution in [0.3, 0.4) is 0 Å². The Hall–Kier alpha value is -2.36. The lowest BCUT2D eigenvalue weighted by Gasteiger charge is -2.23. The molecule has 0 radical (unpaired) electrons. The third-order valence-electron chi connectivity index (χ3n) is 3.67. The highest BCUT2D eigenvalue weighted by atomic mass is 19.1. The molecule has 1 aliphatic carbocycles. The second-order valence-corrected chi connectivity index (χ2v) is 5.39. The Bertz CT molecular complexity index is 653. The maximum atomic E-state index is 13.9. The van der Waals surface area contributed by atoms with Crippen molar-refractivity contribution < 1.29 is 9.18 Å². The van der Waals surface area contributed by atoms with E-state index >= 15 is 0 Å². The molecule has 2 aromatic rings. The van der Waals surface area contributed by atoms with E-state index in [0.717, 1.165) is 18.4 Å². The number of benzene rings is 2. The fourth-order valence-electron chi connectivity index (χ4n) is 2.39. The van der Waals surface area contributed by atoms with Gasteiger partial charge in [0.15, 0.2) is 0 Å². The van der Waals surface area contributed by atoms with Gasteiger partial charge >= 0.3 is 0 Å². The number of nitrogens with zero attached hydrogens (tertiary/aromatic N) is 1. The van der Waals surface area contributed by atoms with E-state index in [2.05, 4.69) is 0 Å². The van der Waals surface area contributed by atoms with Gasteiger partial charge in [0.05, 0.1) is 5.56 Å². The van der Waals surface area contributed by atoms with E-state index in [-0.39, 0.29) is 17.5 Å². The van der Waals surface area contributed by atoms with Crippen LogP contribution in [0.2, 0.25) is 0 Å². The van der Waals surface area contributed by atoms with Crippen LogP contribution in [0.5, 0.6) is 0 Å². The molecule has 2 aromatic carbocycles. The number of anilines is 1. The fourth-order valence-corrected chi connectivity index (χ4v) is 2.39. The van der Waals surface area contributed by atoms with Gasteiger partial charge in [0.1, 0.15) is 5.82 Å². The summed E-state index contributed by atoms with van der Waals surface area (Å²) in [4.78, 5) is 14.4. The van der Waals surface area contributed by atoms with Gasteiger partial charge in [-0.2, -0.15) is 0 Å². The minimum Gasteiger partial charge on any atom is -0.399 e. The Morgan fingerprint density at radius 1 is 1.19 bits per heavy atom. The van der Waals surface area contributed by atoms with Crippen molar-refractivity contribution in [3.8, 4) is 0 Å². The van der Waals surface area contributed by atoms with Gasteiger partial charge in [-0.25, -0.2) is 4.39 Å². The first-order valence-electron chi connectivity index (χ1n) is 7.05. The Morgan fingerprint density at radius 2 is 1.90 bits per heavy atom. The standard InChI is InChI=1S/C17H17FN2O/c18-16-9-6-13(19)10-15(16)17(21)20(14-7-8-14)11-12-4-2-1-3-5-12/h1-6,9-10,14H,7-8,11,19H2. The van der Waals surface area contributed by atoms with Crippen LogP contribution < -0.4 is 5.73 Å². The minimum absolute atomic E-state index is 0.0535. The summed E-state index contributed by atoms with van der Waals surface area (Å²) in [6, 6.07) is 14.1. The van der Waals surface area contributed by atoms with Crippen LogP contribution in [0.4, 0.5) is 10.1 Å². The van der Waals surface area contributed by atoms with Crippen LogP contribution in [0.15, 0.2) is 48.5 Å². The van der Waals surface area contributed by atoms with E-state index in [1.807, 2.05) is 30.3 Å². The maximum Gasteiger partial charge on any atom is 0.257 e. The zero-order valence-electron chi connectivity index (χ0n) is 11.6. The summed E-state index contributed by atoms with van der Waals surface area (Å²) in [6.07, 6.45) is 1.95. The second-order valence-electron chi connectivity index (χ2n) is 5.39. The van der Waals surface area contributed by atoms with Crippen LogP contribution in [0, 0.1) is 5.82 Å². The van der Waals surface area contributed by atoms with Crippen molar-refractivity contribution in [2.75, 3.05) is 5.73 Å². The van der Waals surface area contributed by atoms with Gasteiger partial charge < -0.3 is 10.6 Å². The summed E-state index contributed by atoms with van der Waals surface area (Å²) in [5, 5.41) is 0. The first-order valence-corrected chi connectivity index (χ1v) is 7.05. The summed E-state index contributed by atoms with van der Waals surface area (Å²) in [6.45, 7) is 0.499. The first kappa shape index (κ1) is 13.6. The van der Waals surface area contributed by atoms with Gasteiger partial charge in [0.2, 0.25) is 0 Å². The summed E-state index contributed by atoms with van der Waals surface area (Å²) in [7, 11) is 0. The monoisotopic (exact) mass is 284 g/mol. The topological polar surface area (TPSA) is 46.3 Å². The molecule has 0 heterocycles. The van der Waals surface area contributed by atoms with Crippen molar-refractivity contribution in [2.45, 2.75) is 25.4 Å². The van der Waals surface area contributed by atoms with E-state index in [9.17, 15) is 9.18 Å². The van der Waals surface area contributed by atoms with Gasteiger partial charge in [-0.15, -0.1) is 0 Å². The number of carbonyl (C=O) groups is 1. The summed E-state index contributed by atoms with van der Waals surface area (Å²) < 4.78 is 13.9. The van der Waals surface area contributed by atoms with E-state index in [1.54, 1.807) is 4.90 Å². The smallest absolute Gasteiger partial charge is 0.257 e. The molecule has 0 saturated heterocycles. The molecule has 0 unspecified atom stereocenters. The molecular formula is C17H17FN2O. The van der Waals surface area contributed by atoms with Crippen LogP contribution in [-0.2, 0) is 6.54 Å². The number of hydrogen-bond acceptors (Lipinski definition) is 2. The molecule has 0 atom stereocenters. The summed E-state index contributed by atoms with van der Waals surface area (Å²) >= 11 is 0. The predicted octanol–water partition coefficient (Wildman–Crippen LogP) is 3.21. The Kier molecular flexibility index (Phi) is 3.60. The van der Waals surface area contributed by atoms with Crippen LogP contribution in [-0.4, -0.2) is 16.8 Å². The third-order valence-corrected chi connectivity index (χ3v) is 3.67. The van der Waals surface area contributed by atoms with E-state index in [0.29, 0.717) is 12.2 Å². The highest BCUT2D eigenvalue weighted by molar-refractivity contribution is 5.95. The summed E-state index contributed by atoms with van der Waals surface area (Å²) in [5.41, 5.74) is 7.17. The average molecular weight is 284 g/mol. The molecular weight excluding hydrogens is 267 g/mol. The van der Waals surface area contributed by atoms with Crippen molar-refractivity contribution >= 4 is 11.6 Å². The number of nitrogen functional groups attached to an aromatic ring is 1. The molecule has 108 valence electrons. The summed E-state index contributed by atoms with van der Waals surface area (Å²) in [5.74, 6) is -0.806. The lowest BCUT2D eigenvalue weighted by atomic mass is 10.1. The van der Waals surface area contributed by atoms with Crippen molar-refractivity contribution in [1.29, 1.82) is 0 Å². The lowest BCUT2D eigenvalue weighted by molar-refractivity contribution is 0.0725. The quantitative estimate of drug-likeness (QED) is 0.876. The molecule has 3 rings (SSSR count). The second kappa shape index (κ2) is 5.56. The number of rotatable bonds is 4. The number of halogens is 1. The van der Waals surface area contributed by atoms with Crippen molar-refractivity contribution in [3.63, 3.8) is 0 Å². The molecule has 21 heavy (non-hydrogen) atoms. The Balaban J connectivity index is 1.87. The molecule has 0 spiro atoms. The van der Waals surface area contributed by atoms with Gasteiger partial charge in [-0.3, -0.25) is 4.79 Å². The normalized spacial score (nSPS) is 14.0. The lowest BCUT2D eigenvalue weighted by Crippen LogP contribution is -2.33. The number of carbonyl (C=O) groups excluding carboxylic acids is 1. The minimum atomic E-state index is -0.520. The number of hydrogen-bond donors (Lipinski definition) is 1. The molecule has 3 nitrogen and oxygen atoms in total. The van der Waals surface area contributed by atoms with Gasteiger partial charge in [-0.1, -0.05) is 30.3 Å². The van der Waals surface area contributed by atoms with Crippen molar-refractivity contribution in [2.24, 2.45) is 0 Å². The zero-order valence-corrected chi connectivity index (χ0v) is 11.6. The maximum absolute atomic E-state index is 13.9. The third kappa shape index (κ3) is 3.05. The van der Waals surface area contributed by atoms with Gasteiger partial charge in [0, 0.05) is 18.3 Å². The van der Waals surface area contributed by atoms with Crippen molar-refractivity contribution in [3.05, 3.63) is 65.5 Å². The van der Waals surface area contributed by atoms with Crippen LogP contribution >= 0.6 is 0 Å². The SMILES string of the molecule is Nc1ccc(F)c(C(=O)N(Cc2ccccc2)C2CC2)c1. The van der Waals surface area contributed by atoms with Gasteiger partial charge in [-0.05, 0) is 36.6 Å². The average Bonchev–Trinajstić information content (AvgIpc) is 3.32. The molecule has 1 amide bonds. The number of amides is 1. The van der Waals surface area contributed by atoms with Crippen LogP contribution in [0.1, 0.15) is 28.8 Å². The zero-order chi connectivity index (χ0) is 14.8. The predicted molar refractivity (Wildman–Crippen MR) is 80.1 cm³/mol. The van der Waals surface area contributed by atoms with Crippen LogP contribution in [0.25, 0.3) is 0 Å². The molecule has 1 fully saturated rings. The Labute approximate surface area is 123 Å². The van der Waals surface area contributed by atoms with E-state index < -0.39 is 5.82 Å². The van der Waals surface area contributed by atoms with E-state index in [4.69, 9.17) is 5.73 Å². The highest BCUT2D eigenvalue weighted by Gasteiger charge is 2.34. The Morgan fingerprint density at radius 3 is 2.57 bits per heavy atom. The van der Waals surface area contributed by atoms with Gasteiger partial charge in [0.25, 0.3) is 5.91 Å². The molecule has 0 bridgehead atoms. The largest absolute Gasteiger partial charge is 0.399 e. The number of nitrogens with two attached hydrogens (primary N) is 1. The molecule has 4 heteroatoms. The highest BCUT2D eigenvalue weighted by Crippen LogP contribution is 2.30. The fraction of sp³-hybridized carbons (Fsp3) is 0.235. The molecule has 1 aliphatic rings. The molecule has 0 aromatic heterocycles. The molecule has 2 N–H and O–H groups in total. The molecule has 1 saturated carbocycles. The molecule has 0 aliphatic heterocycles.